The van der Waals surface area contributed by atoms with Gasteiger partial charge in [0.15, 0.2) is 0 Å². The largest absolute Gasteiger partial charge is 0.355 e. The molecule has 0 aromatic heterocycles. The molecule has 5 nitrogen and oxygen atoms in total. The van der Waals surface area contributed by atoms with Crippen LogP contribution in [0.2, 0.25) is 0 Å². The van der Waals surface area contributed by atoms with Crippen molar-refractivity contribution in [2.24, 2.45) is 11.7 Å². The number of carbonyl (C=O) groups excluding carboxylic acids is 1. The number of nitrogens with one attached hydrogen (secondary N) is 1. The minimum absolute atomic E-state index is 0.169. The van der Waals surface area contributed by atoms with Gasteiger partial charge in [-0.1, -0.05) is 0 Å². The molecular formula is C16H30N4O. The Bertz CT molecular complexity index is 361. The van der Waals surface area contributed by atoms with Crippen molar-refractivity contribution in [3.05, 3.63) is 0 Å². The molecule has 1 amide bonds. The molecule has 0 aliphatic carbocycles. The average Bonchev–Trinajstić information content (AvgIpc) is 2.74. The van der Waals surface area contributed by atoms with Gasteiger partial charge in [-0.15, -0.1) is 0 Å². The topological polar surface area (TPSA) is 61.6 Å². The smallest absolute Gasteiger partial charge is 0.224 e. The maximum absolute atomic E-state index is 12.2. The molecular weight excluding hydrogens is 264 g/mol. The lowest BCUT2D eigenvalue weighted by Gasteiger charge is -2.44. The molecule has 0 aromatic rings. The number of hydrogen-bond donors (Lipinski definition) is 2. The van der Waals surface area contributed by atoms with Gasteiger partial charge in [0.25, 0.3) is 0 Å². The van der Waals surface area contributed by atoms with E-state index >= 15 is 0 Å². The van der Waals surface area contributed by atoms with Crippen molar-refractivity contribution in [3.63, 3.8) is 0 Å². The first-order valence-electron chi connectivity index (χ1n) is 8.62. The Morgan fingerprint density at radius 2 is 1.90 bits per heavy atom. The van der Waals surface area contributed by atoms with Crippen LogP contribution in [-0.4, -0.2) is 67.1 Å². The first kappa shape index (κ1) is 15.3. The third kappa shape index (κ3) is 3.25. The van der Waals surface area contributed by atoms with Crippen molar-refractivity contribution in [2.75, 3.05) is 33.2 Å². The summed E-state index contributed by atoms with van der Waals surface area (Å²) in [6.07, 6.45) is 7.51. The highest BCUT2D eigenvalue weighted by atomic mass is 16.1. The summed E-state index contributed by atoms with van der Waals surface area (Å²) in [5.41, 5.74) is 5.47. The molecule has 2 bridgehead atoms. The summed E-state index contributed by atoms with van der Waals surface area (Å²) < 4.78 is 0. The highest BCUT2D eigenvalue weighted by Gasteiger charge is 2.41. The van der Waals surface area contributed by atoms with Crippen LogP contribution in [0.25, 0.3) is 0 Å². The standard InChI is InChI=1S/C16H30N4O/c1-19-13-4-5-14(19)10-15(9-13)20-8-2-3-12(11-20)16(21)18-7-6-17/h12-15H,2-11,17H2,1H3,(H,18,21). The average molecular weight is 294 g/mol. The van der Waals surface area contributed by atoms with Gasteiger partial charge in [-0.05, 0) is 52.1 Å². The van der Waals surface area contributed by atoms with Gasteiger partial charge in [0.1, 0.15) is 0 Å². The Balaban J connectivity index is 1.55. The van der Waals surface area contributed by atoms with E-state index in [0.29, 0.717) is 19.1 Å². The van der Waals surface area contributed by atoms with Gasteiger partial charge in [-0.2, -0.15) is 0 Å². The molecule has 0 radical (unpaired) electrons. The molecule has 3 unspecified atom stereocenters. The minimum atomic E-state index is 0.169. The molecule has 3 aliphatic rings. The molecule has 21 heavy (non-hydrogen) atoms. The van der Waals surface area contributed by atoms with Crippen LogP contribution in [0.5, 0.6) is 0 Å². The lowest BCUT2D eigenvalue weighted by atomic mass is 9.91. The third-order valence-corrected chi connectivity index (χ3v) is 5.86. The van der Waals surface area contributed by atoms with E-state index < -0.39 is 0 Å². The van der Waals surface area contributed by atoms with Crippen molar-refractivity contribution in [3.8, 4) is 0 Å². The molecule has 0 spiro atoms. The normalized spacial score (nSPS) is 37.6. The summed E-state index contributed by atoms with van der Waals surface area (Å²) >= 11 is 0. The maximum Gasteiger partial charge on any atom is 0.224 e. The van der Waals surface area contributed by atoms with Crippen LogP contribution in [0.4, 0.5) is 0 Å². The maximum atomic E-state index is 12.2. The van der Waals surface area contributed by atoms with E-state index in [0.717, 1.165) is 31.5 Å². The van der Waals surface area contributed by atoms with E-state index in [4.69, 9.17) is 5.73 Å². The molecule has 3 atom stereocenters. The van der Waals surface area contributed by atoms with Crippen LogP contribution < -0.4 is 11.1 Å². The number of hydrogen-bond acceptors (Lipinski definition) is 4. The summed E-state index contributed by atoms with van der Waals surface area (Å²) in [5.74, 6) is 0.378. The monoisotopic (exact) mass is 294 g/mol. The van der Waals surface area contributed by atoms with Crippen LogP contribution in [0.3, 0.4) is 0 Å². The molecule has 0 saturated carbocycles. The lowest BCUT2D eigenvalue weighted by Crippen LogP contribution is -2.53. The van der Waals surface area contributed by atoms with Crippen LogP contribution in [0.1, 0.15) is 38.5 Å². The van der Waals surface area contributed by atoms with Crippen molar-refractivity contribution < 1.29 is 4.79 Å². The molecule has 3 fully saturated rings. The van der Waals surface area contributed by atoms with Crippen LogP contribution >= 0.6 is 0 Å². The SMILES string of the molecule is CN1C2CCC1CC(N1CCCC(C(=O)NCCN)C1)C2. The van der Waals surface area contributed by atoms with Crippen molar-refractivity contribution in [1.29, 1.82) is 0 Å². The van der Waals surface area contributed by atoms with E-state index in [1.807, 2.05) is 0 Å². The van der Waals surface area contributed by atoms with Crippen molar-refractivity contribution >= 4 is 5.91 Å². The Morgan fingerprint density at radius 1 is 1.19 bits per heavy atom. The van der Waals surface area contributed by atoms with E-state index in [9.17, 15) is 4.79 Å². The molecule has 3 N–H and O–H groups in total. The van der Waals surface area contributed by atoms with Gasteiger partial charge in [0.05, 0.1) is 5.92 Å². The van der Waals surface area contributed by atoms with Gasteiger partial charge < -0.3 is 16.0 Å². The number of carbonyl (C=O) groups is 1. The number of nitrogens with two attached hydrogens (primary N) is 1. The van der Waals surface area contributed by atoms with Gasteiger partial charge in [-0.3, -0.25) is 9.69 Å². The Labute approximate surface area is 128 Å². The zero-order chi connectivity index (χ0) is 14.8. The van der Waals surface area contributed by atoms with Gasteiger partial charge >= 0.3 is 0 Å². The Hall–Kier alpha value is -0.650. The molecule has 3 rings (SSSR count). The predicted molar refractivity (Wildman–Crippen MR) is 84.0 cm³/mol. The minimum Gasteiger partial charge on any atom is -0.355 e. The Kier molecular flexibility index (Phi) is 4.82. The van der Waals surface area contributed by atoms with Gasteiger partial charge in [0, 0.05) is 37.8 Å². The second kappa shape index (κ2) is 6.63. The van der Waals surface area contributed by atoms with E-state index in [1.54, 1.807) is 0 Å². The first-order chi connectivity index (χ1) is 10.2. The van der Waals surface area contributed by atoms with Crippen LogP contribution in [0.15, 0.2) is 0 Å². The van der Waals surface area contributed by atoms with E-state index in [-0.39, 0.29) is 11.8 Å². The summed E-state index contributed by atoms with van der Waals surface area (Å²) in [5, 5.41) is 2.96. The number of fused-ring (bicyclic) bond motifs is 2. The number of likely N-dealkylation sites (tertiary alicyclic amines) is 1. The van der Waals surface area contributed by atoms with Crippen LogP contribution in [-0.2, 0) is 4.79 Å². The fraction of sp³-hybridized carbons (Fsp3) is 0.938. The second-order valence-electron chi connectivity index (χ2n) is 7.09. The molecule has 5 heteroatoms. The fourth-order valence-electron chi connectivity index (χ4n) is 4.57. The third-order valence-electron chi connectivity index (χ3n) is 5.86. The van der Waals surface area contributed by atoms with Crippen molar-refractivity contribution in [2.45, 2.75) is 56.7 Å². The number of rotatable bonds is 4. The highest BCUT2D eigenvalue weighted by Crippen LogP contribution is 2.37. The van der Waals surface area contributed by atoms with E-state index in [1.165, 1.54) is 32.2 Å². The van der Waals surface area contributed by atoms with Gasteiger partial charge in [-0.25, -0.2) is 0 Å². The van der Waals surface area contributed by atoms with Crippen molar-refractivity contribution in [1.82, 2.24) is 15.1 Å². The lowest BCUT2D eigenvalue weighted by molar-refractivity contribution is -0.127. The summed E-state index contributed by atoms with van der Waals surface area (Å²) in [4.78, 5) is 17.4. The summed E-state index contributed by atoms with van der Waals surface area (Å²) in [7, 11) is 2.29. The number of amides is 1. The molecule has 0 aromatic carbocycles. The summed E-state index contributed by atoms with van der Waals surface area (Å²) in [6.45, 7) is 3.26. The quantitative estimate of drug-likeness (QED) is 0.788. The summed E-state index contributed by atoms with van der Waals surface area (Å²) in [6, 6.07) is 2.25. The number of piperidine rings is 2. The number of nitrogens with zero attached hydrogens (tertiary/aromatic N) is 2. The van der Waals surface area contributed by atoms with Crippen LogP contribution in [0, 0.1) is 5.92 Å². The molecule has 120 valence electrons. The highest BCUT2D eigenvalue weighted by molar-refractivity contribution is 5.78. The predicted octanol–water partition coefficient (Wildman–Crippen LogP) is 0.399. The van der Waals surface area contributed by atoms with Gasteiger partial charge in [0.2, 0.25) is 5.91 Å². The molecule has 3 saturated heterocycles. The fourth-order valence-corrected chi connectivity index (χ4v) is 4.57. The molecule has 3 aliphatic heterocycles. The molecule has 3 heterocycles. The Morgan fingerprint density at radius 3 is 2.57 bits per heavy atom. The second-order valence-corrected chi connectivity index (χ2v) is 7.09. The van der Waals surface area contributed by atoms with E-state index in [2.05, 4.69) is 22.2 Å². The first-order valence-corrected chi connectivity index (χ1v) is 8.62. The zero-order valence-corrected chi connectivity index (χ0v) is 13.3. The zero-order valence-electron chi connectivity index (χ0n) is 13.3.